The molecule has 1 rings (SSSR count). The summed E-state index contributed by atoms with van der Waals surface area (Å²) in [6.45, 7) is 3.62. The molecule has 0 saturated heterocycles. The van der Waals surface area contributed by atoms with E-state index in [2.05, 4.69) is 0 Å². The second-order valence-electron chi connectivity index (χ2n) is 3.50. The minimum atomic E-state index is -1.15. The van der Waals surface area contributed by atoms with Crippen LogP contribution in [0.4, 0.5) is 4.39 Å². The van der Waals surface area contributed by atoms with Crippen LogP contribution in [0.2, 0.25) is 0 Å². The van der Waals surface area contributed by atoms with Gasteiger partial charge in [0.15, 0.2) is 0 Å². The third-order valence-electron chi connectivity index (χ3n) is 2.27. The number of carbonyl (C=O) groups excluding carboxylic acids is 1. The number of aryl methyl sites for hydroxylation is 1. The van der Waals surface area contributed by atoms with Gasteiger partial charge in [0.25, 0.3) is 0 Å². The van der Waals surface area contributed by atoms with Gasteiger partial charge in [-0.3, -0.25) is 4.79 Å². The summed E-state index contributed by atoms with van der Waals surface area (Å²) in [6, 6.07) is 4.51. The van der Waals surface area contributed by atoms with Crippen molar-refractivity contribution in [2.75, 3.05) is 6.61 Å². The molecule has 0 heterocycles. The molecular formula is C12H15FO3. The molecule has 0 radical (unpaired) electrons. The summed E-state index contributed by atoms with van der Waals surface area (Å²) in [6.07, 6.45) is -1.38. The predicted molar refractivity (Wildman–Crippen MR) is 57.3 cm³/mol. The van der Waals surface area contributed by atoms with Crippen molar-refractivity contribution in [1.82, 2.24) is 0 Å². The van der Waals surface area contributed by atoms with Crippen molar-refractivity contribution in [2.24, 2.45) is 0 Å². The van der Waals surface area contributed by atoms with Crippen LogP contribution in [-0.4, -0.2) is 17.7 Å². The van der Waals surface area contributed by atoms with Gasteiger partial charge >= 0.3 is 5.97 Å². The number of carbonyl (C=O) groups is 1. The van der Waals surface area contributed by atoms with Gasteiger partial charge in [0.1, 0.15) is 5.82 Å². The Labute approximate surface area is 93.9 Å². The summed E-state index contributed by atoms with van der Waals surface area (Å²) >= 11 is 0. The van der Waals surface area contributed by atoms with E-state index in [1.54, 1.807) is 26.0 Å². The monoisotopic (exact) mass is 226 g/mol. The molecule has 0 spiro atoms. The van der Waals surface area contributed by atoms with Crippen molar-refractivity contribution in [3.05, 3.63) is 35.1 Å². The molecule has 88 valence electrons. The van der Waals surface area contributed by atoms with Crippen LogP contribution < -0.4 is 0 Å². The summed E-state index contributed by atoms with van der Waals surface area (Å²) in [5, 5.41) is 9.74. The van der Waals surface area contributed by atoms with Crippen LogP contribution in [0.1, 0.15) is 30.6 Å². The SMILES string of the molecule is CCOC(=O)CC(O)c1c(C)cccc1F. The Morgan fingerprint density at radius 3 is 2.81 bits per heavy atom. The maximum absolute atomic E-state index is 13.4. The van der Waals surface area contributed by atoms with Gasteiger partial charge < -0.3 is 9.84 Å². The van der Waals surface area contributed by atoms with E-state index in [-0.39, 0.29) is 18.6 Å². The second kappa shape index (κ2) is 5.61. The van der Waals surface area contributed by atoms with Crippen LogP contribution in [0.15, 0.2) is 18.2 Å². The van der Waals surface area contributed by atoms with E-state index in [4.69, 9.17) is 4.74 Å². The number of hydrogen-bond acceptors (Lipinski definition) is 3. The Balaban J connectivity index is 2.80. The summed E-state index contributed by atoms with van der Waals surface area (Å²) in [7, 11) is 0. The molecule has 0 fully saturated rings. The molecule has 0 saturated carbocycles. The molecule has 0 bridgehead atoms. The van der Waals surface area contributed by atoms with Gasteiger partial charge in [-0.1, -0.05) is 12.1 Å². The molecule has 4 heteroatoms. The van der Waals surface area contributed by atoms with Crippen molar-refractivity contribution < 1.29 is 19.0 Å². The van der Waals surface area contributed by atoms with Crippen LogP contribution in [0.3, 0.4) is 0 Å². The average molecular weight is 226 g/mol. The highest BCUT2D eigenvalue weighted by atomic mass is 19.1. The minimum Gasteiger partial charge on any atom is -0.466 e. The highest BCUT2D eigenvalue weighted by molar-refractivity contribution is 5.70. The van der Waals surface area contributed by atoms with Crippen molar-refractivity contribution in [2.45, 2.75) is 26.4 Å². The highest BCUT2D eigenvalue weighted by Gasteiger charge is 2.19. The Hall–Kier alpha value is -1.42. The lowest BCUT2D eigenvalue weighted by Gasteiger charge is -2.13. The highest BCUT2D eigenvalue weighted by Crippen LogP contribution is 2.23. The molecular weight excluding hydrogens is 211 g/mol. The topological polar surface area (TPSA) is 46.5 Å². The van der Waals surface area contributed by atoms with Crippen LogP contribution in [-0.2, 0) is 9.53 Å². The standard InChI is InChI=1S/C12H15FO3/c1-3-16-11(15)7-10(14)12-8(2)5-4-6-9(12)13/h4-6,10,14H,3,7H2,1-2H3. The van der Waals surface area contributed by atoms with Crippen LogP contribution in [0.5, 0.6) is 0 Å². The van der Waals surface area contributed by atoms with Gasteiger partial charge in [-0.2, -0.15) is 0 Å². The smallest absolute Gasteiger partial charge is 0.308 e. The first-order valence-corrected chi connectivity index (χ1v) is 5.15. The van der Waals surface area contributed by atoms with Gasteiger partial charge in [0.05, 0.1) is 19.1 Å². The molecule has 1 aromatic rings. The fourth-order valence-electron chi connectivity index (χ4n) is 1.55. The number of ether oxygens (including phenoxy) is 1. The number of benzene rings is 1. The summed E-state index contributed by atoms with van der Waals surface area (Å²) < 4.78 is 18.1. The zero-order valence-corrected chi connectivity index (χ0v) is 9.37. The molecule has 0 aliphatic carbocycles. The molecule has 0 aliphatic rings. The molecule has 0 aliphatic heterocycles. The molecule has 3 nitrogen and oxygen atoms in total. The number of hydrogen-bond donors (Lipinski definition) is 1. The van der Waals surface area contributed by atoms with Gasteiger partial charge in [0.2, 0.25) is 0 Å². The largest absolute Gasteiger partial charge is 0.466 e. The van der Waals surface area contributed by atoms with E-state index in [1.165, 1.54) is 6.07 Å². The third-order valence-corrected chi connectivity index (χ3v) is 2.27. The fraction of sp³-hybridized carbons (Fsp3) is 0.417. The molecule has 16 heavy (non-hydrogen) atoms. The fourth-order valence-corrected chi connectivity index (χ4v) is 1.55. The Morgan fingerprint density at radius 2 is 2.25 bits per heavy atom. The van der Waals surface area contributed by atoms with Crippen molar-refractivity contribution in [3.63, 3.8) is 0 Å². The van der Waals surface area contributed by atoms with E-state index in [0.717, 1.165) is 0 Å². The van der Waals surface area contributed by atoms with Gasteiger partial charge in [-0.25, -0.2) is 4.39 Å². The minimum absolute atomic E-state index is 0.163. The maximum Gasteiger partial charge on any atom is 0.308 e. The first kappa shape index (κ1) is 12.6. The zero-order chi connectivity index (χ0) is 12.1. The lowest BCUT2D eigenvalue weighted by Crippen LogP contribution is -2.12. The molecule has 1 atom stereocenters. The molecule has 1 unspecified atom stereocenters. The van der Waals surface area contributed by atoms with Crippen molar-refractivity contribution in [1.29, 1.82) is 0 Å². The summed E-state index contributed by atoms with van der Waals surface area (Å²) in [5.41, 5.74) is 0.785. The first-order valence-electron chi connectivity index (χ1n) is 5.15. The number of esters is 1. The van der Waals surface area contributed by atoms with Crippen LogP contribution in [0.25, 0.3) is 0 Å². The number of aliphatic hydroxyl groups excluding tert-OH is 1. The van der Waals surface area contributed by atoms with E-state index in [0.29, 0.717) is 5.56 Å². The Kier molecular flexibility index (Phi) is 4.43. The lowest BCUT2D eigenvalue weighted by atomic mass is 10.0. The van der Waals surface area contributed by atoms with E-state index in [1.807, 2.05) is 0 Å². The number of halogens is 1. The average Bonchev–Trinajstić information content (AvgIpc) is 2.17. The molecule has 0 aromatic heterocycles. The van der Waals surface area contributed by atoms with Crippen LogP contribution in [0, 0.1) is 12.7 Å². The summed E-state index contributed by atoms with van der Waals surface area (Å²) in [4.78, 5) is 11.1. The third kappa shape index (κ3) is 3.03. The Morgan fingerprint density at radius 1 is 1.56 bits per heavy atom. The Bertz CT molecular complexity index is 356. The number of rotatable bonds is 4. The zero-order valence-electron chi connectivity index (χ0n) is 9.37. The van der Waals surface area contributed by atoms with Gasteiger partial charge in [0, 0.05) is 5.56 Å². The van der Waals surface area contributed by atoms with Crippen molar-refractivity contribution >= 4 is 5.97 Å². The van der Waals surface area contributed by atoms with Gasteiger partial charge in [-0.15, -0.1) is 0 Å². The normalized spacial score (nSPS) is 12.2. The van der Waals surface area contributed by atoms with E-state index in [9.17, 15) is 14.3 Å². The number of aliphatic hydroxyl groups is 1. The molecule has 0 amide bonds. The quantitative estimate of drug-likeness (QED) is 0.800. The first-order chi connectivity index (χ1) is 7.56. The predicted octanol–water partition coefficient (Wildman–Crippen LogP) is 2.12. The van der Waals surface area contributed by atoms with E-state index >= 15 is 0 Å². The molecule has 1 N–H and O–H groups in total. The van der Waals surface area contributed by atoms with E-state index < -0.39 is 17.9 Å². The lowest BCUT2D eigenvalue weighted by molar-refractivity contribution is -0.145. The maximum atomic E-state index is 13.4. The van der Waals surface area contributed by atoms with Crippen molar-refractivity contribution in [3.8, 4) is 0 Å². The second-order valence-corrected chi connectivity index (χ2v) is 3.50. The van der Waals surface area contributed by atoms with Crippen LogP contribution >= 0.6 is 0 Å². The van der Waals surface area contributed by atoms with Gasteiger partial charge in [-0.05, 0) is 25.5 Å². The summed E-state index contributed by atoms with van der Waals surface area (Å²) in [5.74, 6) is -1.03. The molecule has 1 aromatic carbocycles.